The lowest BCUT2D eigenvalue weighted by atomic mass is 9.92. The molecule has 2 heterocycles. The predicted molar refractivity (Wildman–Crippen MR) is 111 cm³/mol. The minimum Gasteiger partial charge on any atom is -0.497 e. The van der Waals surface area contributed by atoms with Crippen molar-refractivity contribution >= 4 is 15.9 Å². The first-order valence-electron chi connectivity index (χ1n) is 10.3. The van der Waals surface area contributed by atoms with Crippen molar-refractivity contribution in [1.29, 1.82) is 0 Å². The smallest absolute Gasteiger partial charge is 0.241 e. The summed E-state index contributed by atoms with van der Waals surface area (Å²) < 4.78 is 32.9. The molecule has 0 saturated carbocycles. The van der Waals surface area contributed by atoms with Gasteiger partial charge in [0.2, 0.25) is 15.9 Å². The number of hydrogen-bond donors (Lipinski definition) is 3. The average molecular weight is 425 g/mol. The summed E-state index contributed by atoms with van der Waals surface area (Å²) in [7, 11) is -2.05. The van der Waals surface area contributed by atoms with Crippen molar-refractivity contribution in [3.8, 4) is 5.75 Å². The molecule has 8 nitrogen and oxygen atoms in total. The maximum absolute atomic E-state index is 13.0. The quantitative estimate of drug-likeness (QED) is 0.606. The molecule has 4 atom stereocenters. The largest absolute Gasteiger partial charge is 0.497 e. The maximum Gasteiger partial charge on any atom is 0.241 e. The molecule has 1 aromatic rings. The second-order valence-electron chi connectivity index (χ2n) is 7.96. The van der Waals surface area contributed by atoms with Crippen LogP contribution in [0.1, 0.15) is 33.1 Å². The number of carbonyl (C=O) groups excluding carboxylic acids is 1. The maximum atomic E-state index is 13.0. The zero-order valence-corrected chi connectivity index (χ0v) is 18.2. The van der Waals surface area contributed by atoms with Crippen molar-refractivity contribution in [2.75, 3.05) is 26.7 Å². The summed E-state index contributed by atoms with van der Waals surface area (Å²) in [5.41, 5.74) is 6.35. The highest BCUT2D eigenvalue weighted by molar-refractivity contribution is 7.89. The van der Waals surface area contributed by atoms with E-state index in [0.717, 1.165) is 25.8 Å². The van der Waals surface area contributed by atoms with E-state index in [9.17, 15) is 13.2 Å². The van der Waals surface area contributed by atoms with E-state index >= 15 is 0 Å². The third-order valence-corrected chi connectivity index (χ3v) is 7.49. The first kappa shape index (κ1) is 22.0. The van der Waals surface area contributed by atoms with Gasteiger partial charge in [-0.2, -0.15) is 0 Å². The Balaban J connectivity index is 1.56. The minimum absolute atomic E-state index is 0.101. The van der Waals surface area contributed by atoms with Gasteiger partial charge in [-0.3, -0.25) is 10.2 Å². The number of nitrogens with zero attached hydrogens (tertiary/aromatic N) is 1. The molecule has 3 rings (SSSR count). The first-order valence-corrected chi connectivity index (χ1v) is 11.8. The summed E-state index contributed by atoms with van der Waals surface area (Å²) in [5.74, 6) is 1.04. The van der Waals surface area contributed by atoms with Gasteiger partial charge in [0, 0.05) is 25.7 Å². The van der Waals surface area contributed by atoms with Gasteiger partial charge in [-0.25, -0.2) is 18.6 Å². The highest BCUT2D eigenvalue weighted by atomic mass is 32.2. The van der Waals surface area contributed by atoms with Crippen LogP contribution in [-0.4, -0.2) is 58.1 Å². The van der Waals surface area contributed by atoms with E-state index in [-0.39, 0.29) is 28.7 Å². The number of likely N-dealkylation sites (tertiary alicyclic amines) is 1. The lowest BCUT2D eigenvalue weighted by molar-refractivity contribution is -0.135. The van der Waals surface area contributed by atoms with Gasteiger partial charge in [-0.05, 0) is 55.4 Å². The summed E-state index contributed by atoms with van der Waals surface area (Å²) in [5, 5.41) is 0. The van der Waals surface area contributed by atoms with Gasteiger partial charge in [-0.15, -0.1) is 0 Å². The number of carbonyl (C=O) groups is 1. The van der Waals surface area contributed by atoms with Crippen LogP contribution in [0.2, 0.25) is 0 Å². The summed E-state index contributed by atoms with van der Waals surface area (Å²) in [4.78, 5) is 15.1. The Morgan fingerprint density at radius 1 is 1.28 bits per heavy atom. The normalized spacial score (nSPS) is 27.8. The number of nitrogens with one attached hydrogen (secondary N) is 3. The van der Waals surface area contributed by atoms with E-state index in [2.05, 4.69) is 29.4 Å². The van der Waals surface area contributed by atoms with E-state index in [1.807, 2.05) is 4.90 Å². The molecule has 0 radical (unpaired) electrons. The lowest BCUT2D eigenvalue weighted by Gasteiger charge is -2.35. The predicted octanol–water partition coefficient (Wildman–Crippen LogP) is 1.10. The zero-order chi connectivity index (χ0) is 21.0. The Labute approximate surface area is 173 Å². The Morgan fingerprint density at radius 3 is 2.62 bits per heavy atom. The molecule has 29 heavy (non-hydrogen) atoms. The minimum atomic E-state index is -3.59. The molecule has 2 aliphatic heterocycles. The van der Waals surface area contributed by atoms with Crippen LogP contribution in [0.25, 0.3) is 0 Å². The number of amides is 1. The number of hydrogen-bond acceptors (Lipinski definition) is 6. The Bertz CT molecular complexity index is 799. The van der Waals surface area contributed by atoms with Crippen LogP contribution >= 0.6 is 0 Å². The summed E-state index contributed by atoms with van der Waals surface area (Å²) in [6, 6.07) is 6.38. The highest BCUT2D eigenvalue weighted by Crippen LogP contribution is 2.23. The monoisotopic (exact) mass is 424 g/mol. The fourth-order valence-corrected chi connectivity index (χ4v) is 5.26. The van der Waals surface area contributed by atoms with Crippen molar-refractivity contribution in [2.45, 2.75) is 50.1 Å². The third kappa shape index (κ3) is 5.09. The van der Waals surface area contributed by atoms with Crippen molar-refractivity contribution < 1.29 is 17.9 Å². The number of methoxy groups -OCH3 is 1. The Kier molecular flexibility index (Phi) is 7.15. The number of rotatable bonds is 7. The van der Waals surface area contributed by atoms with Gasteiger partial charge in [0.15, 0.2) is 0 Å². The Morgan fingerprint density at radius 2 is 2.00 bits per heavy atom. The third-order valence-electron chi connectivity index (χ3n) is 6.05. The van der Waals surface area contributed by atoms with Crippen LogP contribution in [0.3, 0.4) is 0 Å². The average Bonchev–Trinajstić information content (AvgIpc) is 3.12. The SMILES string of the molecule is CCC1NNC(C(=O)N2CCCC(CNS(=O)(=O)c3ccc(OC)cc3)C2)C1C. The Hall–Kier alpha value is -1.68. The van der Waals surface area contributed by atoms with Crippen LogP contribution in [0, 0.1) is 11.8 Å². The molecule has 0 bridgehead atoms. The van der Waals surface area contributed by atoms with Gasteiger partial charge in [0.25, 0.3) is 0 Å². The fraction of sp³-hybridized carbons (Fsp3) is 0.650. The van der Waals surface area contributed by atoms with Gasteiger partial charge >= 0.3 is 0 Å². The first-order chi connectivity index (χ1) is 13.9. The molecule has 2 aliphatic rings. The molecule has 0 aliphatic carbocycles. The molecule has 1 aromatic carbocycles. The number of benzene rings is 1. The van der Waals surface area contributed by atoms with E-state index in [4.69, 9.17) is 4.74 Å². The highest BCUT2D eigenvalue weighted by Gasteiger charge is 2.39. The van der Waals surface area contributed by atoms with E-state index < -0.39 is 10.0 Å². The standard InChI is InChI=1S/C20H32N4O4S/c1-4-18-14(2)19(23-22-18)20(25)24-11-5-6-15(13-24)12-21-29(26,27)17-9-7-16(28-3)8-10-17/h7-10,14-15,18-19,21-23H,4-6,11-13H2,1-3H3. The van der Waals surface area contributed by atoms with E-state index in [0.29, 0.717) is 24.9 Å². The van der Waals surface area contributed by atoms with Crippen molar-refractivity contribution in [2.24, 2.45) is 11.8 Å². The van der Waals surface area contributed by atoms with Crippen molar-refractivity contribution in [1.82, 2.24) is 20.5 Å². The summed E-state index contributed by atoms with van der Waals surface area (Å²) in [6.07, 6.45) is 2.75. The topological polar surface area (TPSA) is 99.8 Å². The molecular weight excluding hydrogens is 392 g/mol. The second-order valence-corrected chi connectivity index (χ2v) is 9.73. The van der Waals surface area contributed by atoms with Crippen molar-refractivity contribution in [3.05, 3.63) is 24.3 Å². The molecule has 0 aromatic heterocycles. The number of ether oxygens (including phenoxy) is 1. The number of sulfonamides is 1. The van der Waals surface area contributed by atoms with Crippen LogP contribution < -0.4 is 20.3 Å². The molecule has 2 saturated heterocycles. The van der Waals surface area contributed by atoms with Crippen LogP contribution in [0.15, 0.2) is 29.2 Å². The fourth-order valence-electron chi connectivity index (χ4n) is 4.15. The molecule has 3 N–H and O–H groups in total. The number of hydrazine groups is 1. The van der Waals surface area contributed by atoms with Crippen LogP contribution in [0.5, 0.6) is 5.75 Å². The summed E-state index contributed by atoms with van der Waals surface area (Å²) in [6.45, 7) is 5.82. The molecule has 0 spiro atoms. The molecule has 9 heteroatoms. The molecular formula is C20H32N4O4S. The van der Waals surface area contributed by atoms with E-state index in [1.54, 1.807) is 12.1 Å². The second kappa shape index (κ2) is 9.42. The van der Waals surface area contributed by atoms with Gasteiger partial charge in [-0.1, -0.05) is 13.8 Å². The van der Waals surface area contributed by atoms with Gasteiger partial charge < -0.3 is 9.64 Å². The van der Waals surface area contributed by atoms with Gasteiger partial charge in [0.05, 0.1) is 12.0 Å². The molecule has 1 amide bonds. The summed E-state index contributed by atoms with van der Waals surface area (Å²) >= 11 is 0. The van der Waals surface area contributed by atoms with Crippen molar-refractivity contribution in [3.63, 3.8) is 0 Å². The van der Waals surface area contributed by atoms with Crippen LogP contribution in [-0.2, 0) is 14.8 Å². The zero-order valence-electron chi connectivity index (χ0n) is 17.3. The molecule has 162 valence electrons. The number of piperidine rings is 1. The van der Waals surface area contributed by atoms with Gasteiger partial charge in [0.1, 0.15) is 11.8 Å². The molecule has 4 unspecified atom stereocenters. The lowest BCUT2D eigenvalue weighted by Crippen LogP contribution is -2.51. The molecule has 2 fully saturated rings. The van der Waals surface area contributed by atoms with E-state index in [1.165, 1.54) is 19.2 Å². The van der Waals surface area contributed by atoms with Crippen LogP contribution in [0.4, 0.5) is 0 Å².